The van der Waals surface area contributed by atoms with Gasteiger partial charge in [0, 0.05) is 30.9 Å². The average Bonchev–Trinajstić information content (AvgIpc) is 2.75. The number of para-hydroxylation sites is 1. The summed E-state index contributed by atoms with van der Waals surface area (Å²) in [6, 6.07) is 15.1. The molecule has 3 N–H and O–H groups in total. The van der Waals surface area contributed by atoms with Crippen LogP contribution in [0.4, 0.5) is 16.0 Å². The molecule has 2 aromatic heterocycles. The SMILES string of the molecule is Cn1c(=O)c(Oc2ccccc2F)cc2cnc(NCCc3ccc(N)cc3)nc21. The Balaban J connectivity index is 1.54. The molecular weight excluding hydrogens is 385 g/mol. The van der Waals surface area contributed by atoms with Gasteiger partial charge >= 0.3 is 0 Å². The zero-order chi connectivity index (χ0) is 21.1. The van der Waals surface area contributed by atoms with Crippen molar-refractivity contribution >= 4 is 22.7 Å². The van der Waals surface area contributed by atoms with Gasteiger partial charge in [-0.2, -0.15) is 4.98 Å². The van der Waals surface area contributed by atoms with Crippen molar-refractivity contribution in [1.82, 2.24) is 14.5 Å². The molecule has 0 radical (unpaired) electrons. The van der Waals surface area contributed by atoms with Crippen molar-refractivity contribution in [2.24, 2.45) is 7.05 Å². The van der Waals surface area contributed by atoms with E-state index in [1.807, 2.05) is 24.3 Å². The van der Waals surface area contributed by atoms with Crippen LogP contribution in [0.1, 0.15) is 5.56 Å². The molecule has 0 atom stereocenters. The molecule has 0 saturated heterocycles. The highest BCUT2D eigenvalue weighted by atomic mass is 19.1. The summed E-state index contributed by atoms with van der Waals surface area (Å²) in [7, 11) is 1.59. The van der Waals surface area contributed by atoms with Gasteiger partial charge in [-0.15, -0.1) is 0 Å². The standard InChI is InChI=1S/C22H20FN5O2/c1-28-20-15(12-19(21(28)29)30-18-5-3-2-4-17(18)23)13-26-22(27-20)25-11-10-14-6-8-16(24)9-7-14/h2-9,12-13H,10-11,24H2,1H3,(H,25,26,27). The number of anilines is 2. The van der Waals surface area contributed by atoms with Gasteiger partial charge in [-0.25, -0.2) is 9.37 Å². The smallest absolute Gasteiger partial charge is 0.294 e. The summed E-state index contributed by atoms with van der Waals surface area (Å²) in [5.74, 6) is -0.147. The molecule has 0 amide bonds. The number of benzene rings is 2. The third-order valence-electron chi connectivity index (χ3n) is 4.65. The van der Waals surface area contributed by atoms with Crippen molar-refractivity contribution in [1.29, 1.82) is 0 Å². The lowest BCUT2D eigenvalue weighted by Crippen LogP contribution is -2.20. The number of hydrogen-bond donors (Lipinski definition) is 2. The van der Waals surface area contributed by atoms with Gasteiger partial charge in [0.1, 0.15) is 5.65 Å². The van der Waals surface area contributed by atoms with E-state index in [1.165, 1.54) is 22.8 Å². The maximum absolute atomic E-state index is 13.9. The Hall–Kier alpha value is -3.94. The van der Waals surface area contributed by atoms with Crippen LogP contribution in [0.3, 0.4) is 0 Å². The van der Waals surface area contributed by atoms with Crippen LogP contribution in [-0.4, -0.2) is 21.1 Å². The second-order valence-electron chi connectivity index (χ2n) is 6.80. The van der Waals surface area contributed by atoms with E-state index < -0.39 is 11.4 Å². The van der Waals surface area contributed by atoms with Crippen molar-refractivity contribution in [3.8, 4) is 11.5 Å². The zero-order valence-corrected chi connectivity index (χ0v) is 16.3. The molecule has 7 nitrogen and oxygen atoms in total. The average molecular weight is 405 g/mol. The molecule has 2 heterocycles. The minimum atomic E-state index is -0.545. The maximum atomic E-state index is 13.9. The second kappa shape index (κ2) is 8.20. The van der Waals surface area contributed by atoms with Crippen molar-refractivity contribution in [2.45, 2.75) is 6.42 Å². The van der Waals surface area contributed by atoms with Crippen LogP contribution >= 0.6 is 0 Å². The number of hydrogen-bond acceptors (Lipinski definition) is 6. The molecule has 8 heteroatoms. The van der Waals surface area contributed by atoms with Gasteiger partial charge in [0.05, 0.1) is 0 Å². The van der Waals surface area contributed by atoms with Gasteiger partial charge in [-0.1, -0.05) is 24.3 Å². The molecule has 4 rings (SSSR count). The minimum absolute atomic E-state index is 0.00256. The first-order valence-electron chi connectivity index (χ1n) is 9.39. The third-order valence-corrected chi connectivity index (χ3v) is 4.65. The van der Waals surface area contributed by atoms with E-state index in [1.54, 1.807) is 25.4 Å². The van der Waals surface area contributed by atoms with Crippen LogP contribution < -0.4 is 21.3 Å². The number of aryl methyl sites for hydroxylation is 1. The van der Waals surface area contributed by atoms with Gasteiger partial charge in [0.15, 0.2) is 17.3 Å². The monoisotopic (exact) mass is 405 g/mol. The lowest BCUT2D eigenvalue weighted by atomic mass is 10.1. The number of nitrogen functional groups attached to an aromatic ring is 1. The first-order valence-corrected chi connectivity index (χ1v) is 9.39. The fourth-order valence-electron chi connectivity index (χ4n) is 3.02. The molecule has 2 aromatic carbocycles. The Kier molecular flexibility index (Phi) is 5.30. The molecule has 0 aliphatic heterocycles. The van der Waals surface area contributed by atoms with Gasteiger partial charge < -0.3 is 15.8 Å². The Morgan fingerprint density at radius 2 is 1.90 bits per heavy atom. The van der Waals surface area contributed by atoms with Crippen LogP contribution in [0, 0.1) is 5.82 Å². The second-order valence-corrected chi connectivity index (χ2v) is 6.80. The van der Waals surface area contributed by atoms with E-state index in [9.17, 15) is 9.18 Å². The summed E-state index contributed by atoms with van der Waals surface area (Å²) in [6.07, 6.45) is 2.37. The molecule has 0 aliphatic rings. The van der Waals surface area contributed by atoms with Crippen LogP contribution in [-0.2, 0) is 13.5 Å². The van der Waals surface area contributed by atoms with Crippen LogP contribution in [0.5, 0.6) is 11.5 Å². The fraction of sp³-hybridized carbons (Fsp3) is 0.136. The number of ether oxygens (including phenoxy) is 1. The molecular formula is C22H20FN5O2. The lowest BCUT2D eigenvalue weighted by Gasteiger charge is -2.11. The van der Waals surface area contributed by atoms with Crippen LogP contribution in [0.15, 0.2) is 65.6 Å². The number of rotatable bonds is 6. The van der Waals surface area contributed by atoms with E-state index in [0.29, 0.717) is 23.5 Å². The van der Waals surface area contributed by atoms with E-state index >= 15 is 0 Å². The first kappa shape index (κ1) is 19.4. The highest BCUT2D eigenvalue weighted by molar-refractivity contribution is 5.76. The number of fused-ring (bicyclic) bond motifs is 1. The van der Waals surface area contributed by atoms with Crippen molar-refractivity contribution in [3.05, 3.63) is 82.5 Å². The summed E-state index contributed by atoms with van der Waals surface area (Å²) in [5, 5.41) is 3.76. The van der Waals surface area contributed by atoms with Crippen LogP contribution in [0.25, 0.3) is 11.0 Å². The quantitative estimate of drug-likeness (QED) is 0.477. The predicted octanol–water partition coefficient (Wildman–Crippen LogP) is 3.50. The van der Waals surface area contributed by atoms with Gasteiger partial charge in [0.25, 0.3) is 5.56 Å². The summed E-state index contributed by atoms with van der Waals surface area (Å²) >= 11 is 0. The zero-order valence-electron chi connectivity index (χ0n) is 16.3. The summed E-state index contributed by atoms with van der Waals surface area (Å²) in [5.41, 5.74) is 7.59. The molecule has 0 aliphatic carbocycles. The highest BCUT2D eigenvalue weighted by Crippen LogP contribution is 2.24. The topological polar surface area (TPSA) is 95.1 Å². The van der Waals surface area contributed by atoms with Crippen molar-refractivity contribution in [2.75, 3.05) is 17.6 Å². The largest absolute Gasteiger partial charge is 0.448 e. The Morgan fingerprint density at radius 1 is 1.13 bits per heavy atom. The predicted molar refractivity (Wildman–Crippen MR) is 114 cm³/mol. The minimum Gasteiger partial charge on any atom is -0.448 e. The van der Waals surface area contributed by atoms with Gasteiger partial charge in [-0.3, -0.25) is 9.36 Å². The van der Waals surface area contributed by atoms with Crippen LogP contribution in [0.2, 0.25) is 0 Å². The Morgan fingerprint density at radius 3 is 2.67 bits per heavy atom. The van der Waals surface area contributed by atoms with E-state index in [4.69, 9.17) is 10.5 Å². The fourth-order valence-corrected chi connectivity index (χ4v) is 3.02. The van der Waals surface area contributed by atoms with Gasteiger partial charge in [-0.05, 0) is 42.3 Å². The summed E-state index contributed by atoms with van der Waals surface area (Å²) < 4.78 is 20.7. The molecule has 4 aromatic rings. The number of nitrogens with two attached hydrogens (primary N) is 1. The number of halogens is 1. The molecule has 0 bridgehead atoms. The van der Waals surface area contributed by atoms with Gasteiger partial charge in [0.2, 0.25) is 5.95 Å². The summed E-state index contributed by atoms with van der Waals surface area (Å²) in [6.45, 7) is 0.623. The maximum Gasteiger partial charge on any atom is 0.294 e. The summed E-state index contributed by atoms with van der Waals surface area (Å²) in [4.78, 5) is 21.4. The Bertz CT molecular complexity index is 1250. The number of nitrogens with zero attached hydrogens (tertiary/aromatic N) is 3. The van der Waals surface area contributed by atoms with Crippen molar-refractivity contribution in [3.63, 3.8) is 0 Å². The number of nitrogens with one attached hydrogen (secondary N) is 1. The molecule has 152 valence electrons. The molecule has 0 spiro atoms. The molecule has 0 unspecified atom stereocenters. The first-order chi connectivity index (χ1) is 14.5. The lowest BCUT2D eigenvalue weighted by molar-refractivity contribution is 0.434. The normalized spacial score (nSPS) is 10.9. The molecule has 0 fully saturated rings. The Labute approximate surface area is 172 Å². The molecule has 30 heavy (non-hydrogen) atoms. The number of pyridine rings is 1. The van der Waals surface area contributed by atoms with E-state index in [0.717, 1.165) is 17.7 Å². The van der Waals surface area contributed by atoms with Crippen molar-refractivity contribution < 1.29 is 9.13 Å². The highest BCUT2D eigenvalue weighted by Gasteiger charge is 2.13. The van der Waals surface area contributed by atoms with E-state index in [2.05, 4.69) is 15.3 Å². The number of aromatic nitrogens is 3. The third kappa shape index (κ3) is 4.07. The molecule has 0 saturated carbocycles. The van der Waals surface area contributed by atoms with E-state index in [-0.39, 0.29) is 11.5 Å².